The van der Waals surface area contributed by atoms with Crippen LogP contribution in [0.15, 0.2) is 28.8 Å². The summed E-state index contributed by atoms with van der Waals surface area (Å²) in [5.74, 6) is 2.04. The molecular weight excluding hydrogens is 316 g/mol. The minimum absolute atomic E-state index is 0.348. The SMILES string of the molecule is CS(=O)(=O)NCC1CCCN(Cc2ccc(-c3ccn[nH]3)o2)C1. The summed E-state index contributed by atoms with van der Waals surface area (Å²) in [7, 11) is -3.12. The lowest BCUT2D eigenvalue weighted by molar-refractivity contribution is 0.159. The number of nitrogens with one attached hydrogen (secondary N) is 2. The monoisotopic (exact) mass is 338 g/mol. The van der Waals surface area contributed by atoms with Crippen LogP contribution in [0.3, 0.4) is 0 Å². The van der Waals surface area contributed by atoms with Crippen molar-refractivity contribution in [2.24, 2.45) is 5.92 Å². The molecule has 0 aliphatic carbocycles. The van der Waals surface area contributed by atoms with Crippen LogP contribution in [0.1, 0.15) is 18.6 Å². The van der Waals surface area contributed by atoms with Crippen LogP contribution < -0.4 is 4.72 Å². The first-order valence-corrected chi connectivity index (χ1v) is 9.64. The Morgan fingerprint density at radius 1 is 1.43 bits per heavy atom. The summed E-state index contributed by atoms with van der Waals surface area (Å²) in [6, 6.07) is 5.79. The number of hydrogen-bond acceptors (Lipinski definition) is 5. The molecular formula is C15H22N4O3S. The molecule has 0 spiro atoms. The summed E-state index contributed by atoms with van der Waals surface area (Å²) in [5, 5.41) is 6.81. The Balaban J connectivity index is 1.55. The van der Waals surface area contributed by atoms with E-state index < -0.39 is 10.0 Å². The minimum atomic E-state index is -3.12. The number of likely N-dealkylation sites (tertiary alicyclic amines) is 1. The number of H-pyrrole nitrogens is 1. The molecule has 0 amide bonds. The molecule has 23 heavy (non-hydrogen) atoms. The van der Waals surface area contributed by atoms with Gasteiger partial charge in [0.15, 0.2) is 5.76 Å². The van der Waals surface area contributed by atoms with Gasteiger partial charge in [-0.3, -0.25) is 10.00 Å². The molecule has 7 nitrogen and oxygen atoms in total. The Morgan fingerprint density at radius 2 is 2.30 bits per heavy atom. The molecule has 2 aromatic rings. The Bertz CT molecular complexity index is 724. The molecule has 1 fully saturated rings. The molecule has 0 aromatic carbocycles. The fraction of sp³-hybridized carbons (Fsp3) is 0.533. The second-order valence-electron chi connectivity index (χ2n) is 6.10. The number of aromatic amines is 1. The summed E-state index contributed by atoms with van der Waals surface area (Å²) < 4.78 is 30.9. The zero-order chi connectivity index (χ0) is 16.3. The van der Waals surface area contributed by atoms with E-state index in [2.05, 4.69) is 19.8 Å². The Morgan fingerprint density at radius 3 is 3.04 bits per heavy atom. The number of aromatic nitrogens is 2. The molecule has 3 heterocycles. The van der Waals surface area contributed by atoms with Crippen LogP contribution in [0.2, 0.25) is 0 Å². The lowest BCUT2D eigenvalue weighted by Gasteiger charge is -2.32. The van der Waals surface area contributed by atoms with Gasteiger partial charge in [0, 0.05) is 19.3 Å². The van der Waals surface area contributed by atoms with Crippen molar-refractivity contribution in [2.45, 2.75) is 19.4 Å². The van der Waals surface area contributed by atoms with Crippen molar-refractivity contribution >= 4 is 10.0 Å². The van der Waals surface area contributed by atoms with Crippen molar-refractivity contribution < 1.29 is 12.8 Å². The normalized spacial score (nSPS) is 20.0. The second-order valence-corrected chi connectivity index (χ2v) is 7.93. The van der Waals surface area contributed by atoms with E-state index in [4.69, 9.17) is 4.42 Å². The highest BCUT2D eigenvalue weighted by atomic mass is 32.2. The van der Waals surface area contributed by atoms with E-state index >= 15 is 0 Å². The predicted octanol–water partition coefficient (Wildman–Crippen LogP) is 1.43. The van der Waals surface area contributed by atoms with Crippen LogP contribution in [-0.2, 0) is 16.6 Å². The third-order valence-electron chi connectivity index (χ3n) is 4.04. The summed E-state index contributed by atoms with van der Waals surface area (Å²) in [4.78, 5) is 2.31. The van der Waals surface area contributed by atoms with Gasteiger partial charge in [-0.2, -0.15) is 5.10 Å². The molecule has 3 rings (SSSR count). The maximum Gasteiger partial charge on any atom is 0.208 e. The quantitative estimate of drug-likeness (QED) is 0.831. The lowest BCUT2D eigenvalue weighted by Crippen LogP contribution is -2.40. The summed E-state index contributed by atoms with van der Waals surface area (Å²) in [5.41, 5.74) is 0.866. The van der Waals surface area contributed by atoms with Crippen molar-refractivity contribution in [2.75, 3.05) is 25.9 Å². The first-order chi connectivity index (χ1) is 11.0. The van der Waals surface area contributed by atoms with Gasteiger partial charge in [-0.1, -0.05) is 0 Å². The van der Waals surface area contributed by atoms with Crippen molar-refractivity contribution in [3.05, 3.63) is 30.2 Å². The molecule has 0 bridgehead atoms. The summed E-state index contributed by atoms with van der Waals surface area (Å²) in [6.07, 6.45) is 5.02. The van der Waals surface area contributed by atoms with Gasteiger partial charge in [-0.15, -0.1) is 0 Å². The molecule has 8 heteroatoms. The molecule has 1 aliphatic heterocycles. The van der Waals surface area contributed by atoms with Gasteiger partial charge < -0.3 is 4.42 Å². The van der Waals surface area contributed by atoms with Crippen LogP contribution in [-0.4, -0.2) is 49.4 Å². The standard InChI is InChI=1S/C15H22N4O3S/c1-23(20,21)17-9-12-3-2-8-19(10-12)11-13-4-5-15(22-13)14-6-7-16-18-14/h4-7,12,17H,2-3,8-11H2,1H3,(H,16,18). The van der Waals surface area contributed by atoms with Gasteiger partial charge in [-0.25, -0.2) is 13.1 Å². The Kier molecular flexibility index (Phi) is 4.84. The van der Waals surface area contributed by atoms with Crippen LogP contribution in [0, 0.1) is 5.92 Å². The van der Waals surface area contributed by atoms with Gasteiger partial charge in [-0.05, 0) is 43.5 Å². The maximum absolute atomic E-state index is 11.2. The molecule has 1 unspecified atom stereocenters. The van der Waals surface area contributed by atoms with E-state index in [-0.39, 0.29) is 0 Å². The van der Waals surface area contributed by atoms with Gasteiger partial charge in [0.1, 0.15) is 11.5 Å². The first-order valence-electron chi connectivity index (χ1n) is 7.75. The predicted molar refractivity (Wildman–Crippen MR) is 87.1 cm³/mol. The third-order valence-corrected chi connectivity index (χ3v) is 4.74. The number of piperidine rings is 1. The van der Waals surface area contributed by atoms with E-state index in [1.54, 1.807) is 6.20 Å². The van der Waals surface area contributed by atoms with Crippen molar-refractivity contribution in [3.8, 4) is 11.5 Å². The average molecular weight is 338 g/mol. The molecule has 2 N–H and O–H groups in total. The van der Waals surface area contributed by atoms with E-state index in [0.717, 1.165) is 49.7 Å². The maximum atomic E-state index is 11.2. The van der Waals surface area contributed by atoms with Crippen LogP contribution in [0.5, 0.6) is 0 Å². The zero-order valence-electron chi connectivity index (χ0n) is 13.2. The topological polar surface area (TPSA) is 91.2 Å². The fourth-order valence-electron chi connectivity index (χ4n) is 2.95. The highest BCUT2D eigenvalue weighted by Crippen LogP contribution is 2.23. The minimum Gasteiger partial charge on any atom is -0.458 e. The number of nitrogens with zero attached hydrogens (tertiary/aromatic N) is 2. The smallest absolute Gasteiger partial charge is 0.208 e. The molecule has 0 radical (unpaired) electrons. The molecule has 2 aromatic heterocycles. The van der Waals surface area contributed by atoms with E-state index in [0.29, 0.717) is 12.5 Å². The van der Waals surface area contributed by atoms with Crippen LogP contribution in [0.25, 0.3) is 11.5 Å². The van der Waals surface area contributed by atoms with Crippen molar-refractivity contribution in [3.63, 3.8) is 0 Å². The molecule has 1 saturated heterocycles. The number of sulfonamides is 1. The first kappa shape index (κ1) is 16.2. The van der Waals surface area contributed by atoms with Gasteiger partial charge in [0.2, 0.25) is 10.0 Å². The number of hydrogen-bond donors (Lipinski definition) is 2. The van der Waals surface area contributed by atoms with Crippen LogP contribution in [0.4, 0.5) is 0 Å². The van der Waals surface area contributed by atoms with Gasteiger partial charge >= 0.3 is 0 Å². The summed E-state index contributed by atoms with van der Waals surface area (Å²) >= 11 is 0. The second kappa shape index (κ2) is 6.86. The van der Waals surface area contributed by atoms with Gasteiger partial charge in [0.25, 0.3) is 0 Å². The third kappa shape index (κ3) is 4.66. The molecule has 1 aliphatic rings. The van der Waals surface area contributed by atoms with E-state index in [1.165, 1.54) is 6.26 Å². The van der Waals surface area contributed by atoms with Crippen molar-refractivity contribution in [1.29, 1.82) is 0 Å². The lowest BCUT2D eigenvalue weighted by atomic mass is 9.98. The number of furan rings is 1. The average Bonchev–Trinajstić information content (AvgIpc) is 3.15. The zero-order valence-corrected chi connectivity index (χ0v) is 14.0. The number of rotatable bonds is 6. The molecule has 126 valence electrons. The summed E-state index contributed by atoms with van der Waals surface area (Å²) in [6.45, 7) is 3.13. The van der Waals surface area contributed by atoms with E-state index in [9.17, 15) is 8.42 Å². The Labute approximate surface area is 136 Å². The highest BCUT2D eigenvalue weighted by molar-refractivity contribution is 7.88. The van der Waals surface area contributed by atoms with Crippen molar-refractivity contribution in [1.82, 2.24) is 19.8 Å². The van der Waals surface area contributed by atoms with Gasteiger partial charge in [0.05, 0.1) is 12.8 Å². The Hall–Kier alpha value is -1.64. The highest BCUT2D eigenvalue weighted by Gasteiger charge is 2.21. The largest absolute Gasteiger partial charge is 0.458 e. The molecule has 1 atom stereocenters. The fourth-order valence-corrected chi connectivity index (χ4v) is 3.49. The van der Waals surface area contributed by atoms with E-state index in [1.807, 2.05) is 18.2 Å². The van der Waals surface area contributed by atoms with Crippen LogP contribution >= 0.6 is 0 Å². The molecule has 0 saturated carbocycles.